The molecule has 1 aromatic heterocycles. The zero-order valence-electron chi connectivity index (χ0n) is 11.4. The van der Waals surface area contributed by atoms with E-state index in [9.17, 15) is 4.79 Å². The molecule has 0 aromatic carbocycles. The zero-order chi connectivity index (χ0) is 13.8. The number of anilines is 1. The molecular weight excluding hydrogens is 250 g/mol. The summed E-state index contributed by atoms with van der Waals surface area (Å²) in [4.78, 5) is 15.4. The lowest BCUT2D eigenvalue weighted by atomic mass is 9.96. The molecule has 0 aliphatic carbocycles. The third-order valence-corrected chi connectivity index (χ3v) is 3.26. The van der Waals surface area contributed by atoms with E-state index in [-0.39, 0.29) is 11.3 Å². The van der Waals surface area contributed by atoms with Gasteiger partial charge in [-0.15, -0.1) is 0 Å². The third kappa shape index (κ3) is 4.25. The lowest BCUT2D eigenvalue weighted by Crippen LogP contribution is -2.22. The highest BCUT2D eigenvalue weighted by Crippen LogP contribution is 2.23. The number of carboxylic acids is 1. The Morgan fingerprint density at radius 2 is 2.17 bits per heavy atom. The summed E-state index contributed by atoms with van der Waals surface area (Å²) in [5.41, 5.74) is -0.0773. The van der Waals surface area contributed by atoms with Crippen LogP contribution >= 0.6 is 11.5 Å². The van der Waals surface area contributed by atoms with Crippen molar-refractivity contribution in [2.45, 2.75) is 46.0 Å². The molecule has 1 atom stereocenters. The average Bonchev–Trinajstić information content (AvgIpc) is 2.71. The van der Waals surface area contributed by atoms with Crippen LogP contribution in [0.1, 0.15) is 46.4 Å². The van der Waals surface area contributed by atoms with Crippen LogP contribution in [0.4, 0.5) is 5.13 Å². The highest BCUT2D eigenvalue weighted by molar-refractivity contribution is 7.09. The van der Waals surface area contributed by atoms with Gasteiger partial charge in [0.15, 0.2) is 0 Å². The van der Waals surface area contributed by atoms with Gasteiger partial charge in [-0.2, -0.15) is 4.37 Å². The molecule has 18 heavy (non-hydrogen) atoms. The number of rotatable bonds is 6. The first kappa shape index (κ1) is 14.9. The van der Waals surface area contributed by atoms with Gasteiger partial charge < -0.3 is 10.4 Å². The highest BCUT2D eigenvalue weighted by Gasteiger charge is 2.21. The first-order valence-electron chi connectivity index (χ1n) is 6.15. The molecule has 0 fully saturated rings. The summed E-state index contributed by atoms with van der Waals surface area (Å²) >= 11 is 1.28. The minimum atomic E-state index is -0.759. The first-order chi connectivity index (χ1) is 8.34. The fourth-order valence-corrected chi connectivity index (χ4v) is 2.23. The van der Waals surface area contributed by atoms with Gasteiger partial charge in [0.1, 0.15) is 5.82 Å². The molecule has 0 saturated heterocycles. The van der Waals surface area contributed by atoms with Gasteiger partial charge >= 0.3 is 5.97 Å². The zero-order valence-corrected chi connectivity index (χ0v) is 12.2. The van der Waals surface area contributed by atoms with Crippen molar-refractivity contribution in [2.75, 3.05) is 11.9 Å². The van der Waals surface area contributed by atoms with Crippen molar-refractivity contribution in [3.05, 3.63) is 5.82 Å². The van der Waals surface area contributed by atoms with Crippen LogP contribution < -0.4 is 5.32 Å². The fraction of sp³-hybridized carbons (Fsp3) is 0.750. The van der Waals surface area contributed by atoms with Gasteiger partial charge in [0.2, 0.25) is 5.13 Å². The van der Waals surface area contributed by atoms with Gasteiger partial charge in [-0.05, 0) is 6.42 Å². The Hall–Kier alpha value is -1.17. The Bertz CT molecular complexity index is 398. The van der Waals surface area contributed by atoms with Crippen LogP contribution in [0, 0.1) is 5.92 Å². The maximum atomic E-state index is 11.0. The molecule has 1 unspecified atom stereocenters. The monoisotopic (exact) mass is 271 g/mol. The quantitative estimate of drug-likeness (QED) is 0.832. The van der Waals surface area contributed by atoms with E-state index in [4.69, 9.17) is 5.11 Å². The number of carbonyl (C=O) groups is 1. The van der Waals surface area contributed by atoms with Gasteiger partial charge in [0.25, 0.3) is 0 Å². The summed E-state index contributed by atoms with van der Waals surface area (Å²) in [6, 6.07) is 0. The fourth-order valence-electron chi connectivity index (χ4n) is 1.47. The maximum absolute atomic E-state index is 11.0. The van der Waals surface area contributed by atoms with E-state index in [1.54, 1.807) is 0 Å². The number of nitrogens with zero attached hydrogens (tertiary/aromatic N) is 2. The summed E-state index contributed by atoms with van der Waals surface area (Å²) in [5.74, 6) is -0.334. The summed E-state index contributed by atoms with van der Waals surface area (Å²) in [5, 5.41) is 12.8. The molecule has 0 aliphatic rings. The van der Waals surface area contributed by atoms with E-state index < -0.39 is 5.97 Å². The van der Waals surface area contributed by atoms with Crippen molar-refractivity contribution in [1.82, 2.24) is 9.36 Å². The summed E-state index contributed by atoms with van der Waals surface area (Å²) in [6.07, 6.45) is 1.54. The van der Waals surface area contributed by atoms with E-state index in [2.05, 4.69) is 35.4 Å². The predicted molar refractivity (Wildman–Crippen MR) is 73.1 cm³/mol. The second-order valence-corrected chi connectivity index (χ2v) is 6.13. The van der Waals surface area contributed by atoms with E-state index in [1.165, 1.54) is 11.5 Å². The van der Waals surface area contributed by atoms with E-state index >= 15 is 0 Å². The molecule has 0 bridgehead atoms. The normalized spacial score (nSPS) is 13.3. The number of hydrogen-bond acceptors (Lipinski definition) is 5. The average molecular weight is 271 g/mol. The largest absolute Gasteiger partial charge is 0.481 e. The second-order valence-electron chi connectivity index (χ2n) is 5.38. The predicted octanol–water partition coefficient (Wildman–Crippen LogP) is 2.75. The molecule has 0 saturated carbocycles. The van der Waals surface area contributed by atoms with E-state index in [0.29, 0.717) is 18.1 Å². The van der Waals surface area contributed by atoms with Crippen molar-refractivity contribution in [1.29, 1.82) is 0 Å². The molecule has 0 aliphatic heterocycles. The molecule has 6 heteroatoms. The molecule has 0 spiro atoms. The van der Waals surface area contributed by atoms with Crippen LogP contribution in [0.2, 0.25) is 0 Å². The standard InChI is InChI=1S/C12H21N3O2S/c1-5-6-8(9(16)17)7-13-11-14-10(15-18-11)12(2,3)4/h8H,5-7H2,1-4H3,(H,16,17)(H,13,14,15). The Morgan fingerprint density at radius 3 is 2.61 bits per heavy atom. The molecule has 0 radical (unpaired) electrons. The summed E-state index contributed by atoms with van der Waals surface area (Å²) in [6.45, 7) is 8.54. The first-order valence-corrected chi connectivity index (χ1v) is 6.92. The number of hydrogen-bond donors (Lipinski definition) is 2. The number of aromatic nitrogens is 2. The van der Waals surface area contributed by atoms with Crippen LogP contribution in [0.25, 0.3) is 0 Å². The molecular formula is C12H21N3O2S. The van der Waals surface area contributed by atoms with Crippen molar-refractivity contribution < 1.29 is 9.90 Å². The smallest absolute Gasteiger partial charge is 0.308 e. The SMILES string of the molecule is CCCC(CNc1nc(C(C)(C)C)ns1)C(=O)O. The minimum absolute atomic E-state index is 0.0773. The van der Waals surface area contributed by atoms with Crippen LogP contribution in [-0.4, -0.2) is 27.0 Å². The number of aliphatic carboxylic acids is 1. The van der Waals surface area contributed by atoms with Crippen LogP contribution in [0.5, 0.6) is 0 Å². The van der Waals surface area contributed by atoms with E-state index in [0.717, 1.165) is 12.2 Å². The number of nitrogens with one attached hydrogen (secondary N) is 1. The van der Waals surface area contributed by atoms with Gasteiger partial charge in [0, 0.05) is 23.5 Å². The molecule has 5 nitrogen and oxygen atoms in total. The van der Waals surface area contributed by atoms with Gasteiger partial charge in [-0.1, -0.05) is 34.1 Å². The van der Waals surface area contributed by atoms with Crippen molar-refractivity contribution in [3.8, 4) is 0 Å². The molecule has 2 N–H and O–H groups in total. The number of carboxylic acid groups (broad SMARTS) is 1. The summed E-state index contributed by atoms with van der Waals surface area (Å²) in [7, 11) is 0. The van der Waals surface area contributed by atoms with Crippen molar-refractivity contribution in [3.63, 3.8) is 0 Å². The van der Waals surface area contributed by atoms with Gasteiger partial charge in [-0.3, -0.25) is 4.79 Å². The van der Waals surface area contributed by atoms with Gasteiger partial charge in [-0.25, -0.2) is 4.98 Å². The lowest BCUT2D eigenvalue weighted by Gasteiger charge is -2.13. The highest BCUT2D eigenvalue weighted by atomic mass is 32.1. The summed E-state index contributed by atoms with van der Waals surface area (Å²) < 4.78 is 4.28. The van der Waals surface area contributed by atoms with Crippen molar-refractivity contribution >= 4 is 22.6 Å². The third-order valence-electron chi connectivity index (χ3n) is 2.58. The molecule has 0 amide bonds. The molecule has 1 rings (SSSR count). The van der Waals surface area contributed by atoms with E-state index in [1.807, 2.05) is 6.92 Å². The Morgan fingerprint density at radius 1 is 1.50 bits per heavy atom. The van der Waals surface area contributed by atoms with Crippen LogP contribution in [-0.2, 0) is 10.2 Å². The molecule has 1 heterocycles. The van der Waals surface area contributed by atoms with Crippen molar-refractivity contribution in [2.24, 2.45) is 5.92 Å². The minimum Gasteiger partial charge on any atom is -0.481 e. The van der Waals surface area contributed by atoms with Crippen LogP contribution in [0.3, 0.4) is 0 Å². The molecule has 1 aromatic rings. The maximum Gasteiger partial charge on any atom is 0.308 e. The second kappa shape index (κ2) is 6.13. The lowest BCUT2D eigenvalue weighted by molar-refractivity contribution is -0.141. The van der Waals surface area contributed by atoms with Crippen LogP contribution in [0.15, 0.2) is 0 Å². The Balaban J connectivity index is 2.57. The Kier molecular flexibility index (Phi) is 5.07. The topological polar surface area (TPSA) is 75.1 Å². The molecule has 102 valence electrons. The van der Waals surface area contributed by atoms with Gasteiger partial charge in [0.05, 0.1) is 5.92 Å². The Labute approximate surface area is 112 Å².